The van der Waals surface area contributed by atoms with Crippen LogP contribution in [0.2, 0.25) is 0 Å². The van der Waals surface area contributed by atoms with Gasteiger partial charge in [0.15, 0.2) is 0 Å². The van der Waals surface area contributed by atoms with Gasteiger partial charge in [0.2, 0.25) is 0 Å². The maximum Gasteiger partial charge on any atom is 0.407 e. The van der Waals surface area contributed by atoms with Crippen LogP contribution in [0.15, 0.2) is 12.5 Å². The van der Waals surface area contributed by atoms with Crippen molar-refractivity contribution in [2.24, 2.45) is 5.92 Å². The fraction of sp³-hybridized carbons (Fsp3) is 0.765. The first kappa shape index (κ1) is 17.8. The number of nitrogens with one attached hydrogen (secondary N) is 3. The summed E-state index contributed by atoms with van der Waals surface area (Å²) in [4.78, 5) is 19.2. The van der Waals surface area contributed by atoms with Crippen LogP contribution >= 0.6 is 0 Å². The SMILES string of the molecule is CC1CCCCC1(CNC(=O)OC(C)(C)C)NCc1cnc[nH]1. The van der Waals surface area contributed by atoms with Crippen LogP contribution in [0, 0.1) is 5.92 Å². The Morgan fingerprint density at radius 2 is 2.26 bits per heavy atom. The lowest BCUT2D eigenvalue weighted by atomic mass is 9.73. The number of nitrogens with zero attached hydrogens (tertiary/aromatic N) is 1. The molecule has 1 aromatic heterocycles. The molecule has 2 unspecified atom stereocenters. The number of hydrogen-bond donors (Lipinski definition) is 3. The highest BCUT2D eigenvalue weighted by molar-refractivity contribution is 5.67. The predicted octanol–water partition coefficient (Wildman–Crippen LogP) is 2.97. The fourth-order valence-electron chi connectivity index (χ4n) is 3.20. The molecule has 1 amide bonds. The van der Waals surface area contributed by atoms with E-state index in [0.717, 1.165) is 18.7 Å². The van der Waals surface area contributed by atoms with Gasteiger partial charge < -0.3 is 20.4 Å². The summed E-state index contributed by atoms with van der Waals surface area (Å²) in [5, 5.41) is 6.62. The molecule has 130 valence electrons. The van der Waals surface area contributed by atoms with E-state index >= 15 is 0 Å². The molecule has 1 aliphatic rings. The van der Waals surface area contributed by atoms with E-state index in [1.165, 1.54) is 19.3 Å². The van der Waals surface area contributed by atoms with Gasteiger partial charge in [-0.05, 0) is 39.5 Å². The molecule has 1 saturated carbocycles. The van der Waals surface area contributed by atoms with Crippen molar-refractivity contribution in [3.05, 3.63) is 18.2 Å². The molecule has 2 rings (SSSR count). The normalized spacial score (nSPS) is 25.1. The Hall–Kier alpha value is -1.56. The van der Waals surface area contributed by atoms with Crippen LogP contribution in [0.5, 0.6) is 0 Å². The first-order valence-corrected chi connectivity index (χ1v) is 8.50. The van der Waals surface area contributed by atoms with Gasteiger partial charge in [-0.15, -0.1) is 0 Å². The zero-order valence-electron chi connectivity index (χ0n) is 14.7. The van der Waals surface area contributed by atoms with Gasteiger partial charge in [0.1, 0.15) is 5.60 Å². The van der Waals surface area contributed by atoms with E-state index in [4.69, 9.17) is 4.74 Å². The van der Waals surface area contributed by atoms with Gasteiger partial charge in [-0.3, -0.25) is 0 Å². The molecule has 6 heteroatoms. The minimum Gasteiger partial charge on any atom is -0.444 e. The summed E-state index contributed by atoms with van der Waals surface area (Å²) >= 11 is 0. The number of aromatic nitrogens is 2. The molecule has 0 aromatic carbocycles. The molecule has 0 aliphatic heterocycles. The van der Waals surface area contributed by atoms with Crippen LogP contribution in [-0.2, 0) is 11.3 Å². The monoisotopic (exact) mass is 322 g/mol. The van der Waals surface area contributed by atoms with Crippen molar-refractivity contribution in [2.75, 3.05) is 6.54 Å². The number of amides is 1. The lowest BCUT2D eigenvalue weighted by Gasteiger charge is -2.43. The Morgan fingerprint density at radius 1 is 1.48 bits per heavy atom. The van der Waals surface area contributed by atoms with Crippen LogP contribution in [-0.4, -0.2) is 33.7 Å². The number of aromatic amines is 1. The Labute approximate surface area is 138 Å². The van der Waals surface area contributed by atoms with Crippen molar-refractivity contribution < 1.29 is 9.53 Å². The quantitative estimate of drug-likeness (QED) is 0.778. The van der Waals surface area contributed by atoms with Crippen LogP contribution in [0.25, 0.3) is 0 Å². The van der Waals surface area contributed by atoms with E-state index < -0.39 is 5.60 Å². The summed E-state index contributed by atoms with van der Waals surface area (Å²) in [6.45, 7) is 9.19. The summed E-state index contributed by atoms with van der Waals surface area (Å²) < 4.78 is 5.37. The lowest BCUT2D eigenvalue weighted by molar-refractivity contribution is 0.0479. The second kappa shape index (κ2) is 7.34. The summed E-state index contributed by atoms with van der Waals surface area (Å²) in [5.74, 6) is 0.495. The van der Waals surface area contributed by atoms with Crippen molar-refractivity contribution in [3.63, 3.8) is 0 Å². The van der Waals surface area contributed by atoms with Crippen LogP contribution in [0.4, 0.5) is 4.79 Å². The topological polar surface area (TPSA) is 79.0 Å². The maximum atomic E-state index is 12.0. The first-order valence-electron chi connectivity index (χ1n) is 8.50. The molecule has 23 heavy (non-hydrogen) atoms. The lowest BCUT2D eigenvalue weighted by Crippen LogP contribution is -2.58. The summed E-state index contributed by atoms with van der Waals surface area (Å²) in [6.07, 6.45) is 7.82. The smallest absolute Gasteiger partial charge is 0.407 e. The third-order valence-corrected chi connectivity index (χ3v) is 4.59. The third-order valence-electron chi connectivity index (χ3n) is 4.59. The van der Waals surface area contributed by atoms with Crippen molar-refractivity contribution in [3.8, 4) is 0 Å². The molecule has 2 atom stereocenters. The van der Waals surface area contributed by atoms with Crippen LogP contribution < -0.4 is 10.6 Å². The van der Waals surface area contributed by atoms with Gasteiger partial charge in [-0.1, -0.05) is 19.8 Å². The number of rotatable bonds is 5. The van der Waals surface area contributed by atoms with Crippen molar-refractivity contribution in [1.82, 2.24) is 20.6 Å². The molecule has 1 aliphatic carbocycles. The van der Waals surface area contributed by atoms with Crippen molar-refractivity contribution >= 4 is 6.09 Å². The van der Waals surface area contributed by atoms with Gasteiger partial charge in [-0.25, -0.2) is 9.78 Å². The second-order valence-electron chi connectivity index (χ2n) is 7.59. The Kier molecular flexibility index (Phi) is 5.68. The van der Waals surface area contributed by atoms with Crippen LogP contribution in [0.1, 0.15) is 59.1 Å². The van der Waals surface area contributed by atoms with Gasteiger partial charge in [0.05, 0.1) is 6.33 Å². The molecule has 0 spiro atoms. The summed E-state index contributed by atoms with van der Waals surface area (Å²) in [6, 6.07) is 0. The maximum absolute atomic E-state index is 12.0. The number of alkyl carbamates (subject to hydrolysis) is 1. The number of carbonyl (C=O) groups is 1. The molecular weight excluding hydrogens is 292 g/mol. The summed E-state index contributed by atoms with van der Waals surface area (Å²) in [7, 11) is 0. The largest absolute Gasteiger partial charge is 0.444 e. The van der Waals surface area contributed by atoms with E-state index in [1.807, 2.05) is 27.0 Å². The van der Waals surface area contributed by atoms with Gasteiger partial charge in [-0.2, -0.15) is 0 Å². The zero-order chi connectivity index (χ0) is 16.9. The number of H-pyrrole nitrogens is 1. The zero-order valence-corrected chi connectivity index (χ0v) is 14.7. The van der Waals surface area contributed by atoms with E-state index in [2.05, 4.69) is 27.5 Å². The van der Waals surface area contributed by atoms with Crippen molar-refractivity contribution in [1.29, 1.82) is 0 Å². The van der Waals surface area contributed by atoms with E-state index in [1.54, 1.807) is 6.33 Å². The predicted molar refractivity (Wildman–Crippen MR) is 90.0 cm³/mol. The van der Waals surface area contributed by atoms with Crippen LogP contribution in [0.3, 0.4) is 0 Å². The first-order chi connectivity index (χ1) is 10.8. The summed E-state index contributed by atoms with van der Waals surface area (Å²) in [5.41, 5.74) is 0.485. The standard InChI is InChI=1S/C17H30N4O2/c1-13-7-5-6-8-17(13,21-10-14-9-18-12-20-14)11-19-15(22)23-16(2,3)4/h9,12-13,21H,5-8,10-11H2,1-4H3,(H,18,20)(H,19,22). The number of imidazole rings is 1. The Morgan fingerprint density at radius 3 is 2.87 bits per heavy atom. The minimum atomic E-state index is -0.473. The Bertz CT molecular complexity index is 495. The van der Waals surface area contributed by atoms with Gasteiger partial charge >= 0.3 is 6.09 Å². The fourth-order valence-corrected chi connectivity index (χ4v) is 3.20. The average Bonchev–Trinajstić information content (AvgIpc) is 2.97. The number of carbonyl (C=O) groups excluding carboxylic acids is 1. The molecule has 0 bridgehead atoms. The third kappa shape index (κ3) is 5.23. The van der Waals surface area contributed by atoms with Gasteiger partial charge in [0, 0.05) is 30.5 Å². The Balaban J connectivity index is 1.97. The number of hydrogen-bond acceptors (Lipinski definition) is 4. The average molecular weight is 322 g/mol. The number of ether oxygens (including phenoxy) is 1. The van der Waals surface area contributed by atoms with E-state index in [9.17, 15) is 4.79 Å². The van der Waals surface area contributed by atoms with Gasteiger partial charge in [0.25, 0.3) is 0 Å². The molecule has 1 aromatic rings. The molecule has 1 heterocycles. The molecule has 1 fully saturated rings. The van der Waals surface area contributed by atoms with Crippen molar-refractivity contribution in [2.45, 2.75) is 71.1 Å². The molecule has 0 radical (unpaired) electrons. The highest BCUT2D eigenvalue weighted by Crippen LogP contribution is 2.33. The molecule has 0 saturated heterocycles. The second-order valence-corrected chi connectivity index (χ2v) is 7.59. The van der Waals surface area contributed by atoms with E-state index in [0.29, 0.717) is 12.5 Å². The highest BCUT2D eigenvalue weighted by atomic mass is 16.6. The highest BCUT2D eigenvalue weighted by Gasteiger charge is 2.38. The molecule has 6 nitrogen and oxygen atoms in total. The minimum absolute atomic E-state index is 0.0970. The van der Waals surface area contributed by atoms with E-state index in [-0.39, 0.29) is 11.6 Å². The molecule has 3 N–H and O–H groups in total. The molecular formula is C17H30N4O2.